The van der Waals surface area contributed by atoms with E-state index in [-0.39, 0.29) is 12.5 Å². The molecule has 0 rings (SSSR count). The molecule has 0 heterocycles. The van der Waals surface area contributed by atoms with Gasteiger partial charge in [0.1, 0.15) is 0 Å². The number of hydrogen-bond donors (Lipinski definition) is 4. The molecule has 0 aliphatic carbocycles. The van der Waals surface area contributed by atoms with Crippen LogP contribution in [0.1, 0.15) is 96.8 Å². The number of amides is 1. The Morgan fingerprint density at radius 1 is 0.931 bits per heavy atom. The van der Waals surface area contributed by atoms with Gasteiger partial charge in [-0.05, 0) is 19.3 Å². The fourth-order valence-electron chi connectivity index (χ4n) is 2.76. The molecule has 0 aromatic carbocycles. The van der Waals surface area contributed by atoms with Crippen molar-refractivity contribution < 1.29 is 28.8 Å². The van der Waals surface area contributed by atoms with Gasteiger partial charge >= 0.3 is 7.82 Å². The second-order valence-corrected chi connectivity index (χ2v) is 8.62. The highest BCUT2D eigenvalue weighted by molar-refractivity contribution is 7.46. The van der Waals surface area contributed by atoms with Crippen LogP contribution in [-0.2, 0) is 13.9 Å². The third-order valence-corrected chi connectivity index (χ3v) is 4.94. The third-order valence-electron chi connectivity index (χ3n) is 4.46. The van der Waals surface area contributed by atoms with Crippen molar-refractivity contribution >= 4 is 13.7 Å². The zero-order valence-corrected chi connectivity index (χ0v) is 18.8. The fourth-order valence-corrected chi connectivity index (χ4v) is 3.13. The first-order chi connectivity index (χ1) is 13.8. The first kappa shape index (κ1) is 28.1. The van der Waals surface area contributed by atoms with E-state index in [0.717, 1.165) is 44.9 Å². The zero-order chi connectivity index (χ0) is 21.8. The maximum atomic E-state index is 11.6. The quantitative estimate of drug-likeness (QED) is 0.147. The molecule has 0 bridgehead atoms. The van der Waals surface area contributed by atoms with Crippen LogP contribution in [-0.4, -0.2) is 40.1 Å². The minimum atomic E-state index is -4.59. The highest BCUT2D eigenvalue weighted by atomic mass is 31.2. The molecule has 7 nitrogen and oxygen atoms in total. The molecule has 4 N–H and O–H groups in total. The second-order valence-electron chi connectivity index (χ2n) is 7.38. The summed E-state index contributed by atoms with van der Waals surface area (Å²) in [6.45, 7) is 1.62. The van der Waals surface area contributed by atoms with E-state index >= 15 is 0 Å². The van der Waals surface area contributed by atoms with Crippen LogP contribution in [0.5, 0.6) is 0 Å². The molecule has 29 heavy (non-hydrogen) atoms. The van der Waals surface area contributed by atoms with Gasteiger partial charge in [-0.2, -0.15) is 0 Å². The largest absolute Gasteiger partial charge is 0.469 e. The van der Waals surface area contributed by atoms with Gasteiger partial charge in [0.25, 0.3) is 0 Å². The number of phosphoric ester groups is 1. The average molecular weight is 434 g/mol. The summed E-state index contributed by atoms with van der Waals surface area (Å²) >= 11 is 0. The van der Waals surface area contributed by atoms with E-state index in [0.29, 0.717) is 6.42 Å². The molecular formula is C21H40NO6P. The number of hydrogen-bond acceptors (Lipinski definition) is 4. The van der Waals surface area contributed by atoms with Gasteiger partial charge in [0.15, 0.2) is 0 Å². The minimum absolute atomic E-state index is 0.0871. The topological polar surface area (TPSA) is 116 Å². The number of nitrogens with one attached hydrogen (secondary N) is 1. The average Bonchev–Trinajstić information content (AvgIpc) is 2.67. The van der Waals surface area contributed by atoms with Crippen LogP contribution in [0.15, 0.2) is 0 Å². The van der Waals surface area contributed by atoms with E-state index in [2.05, 4.69) is 28.6 Å². The monoisotopic (exact) mass is 433 g/mol. The number of phosphoric acid groups is 1. The van der Waals surface area contributed by atoms with Crippen molar-refractivity contribution in [3.05, 3.63) is 0 Å². The molecule has 0 aliphatic heterocycles. The molecule has 170 valence electrons. The number of rotatable bonds is 18. The van der Waals surface area contributed by atoms with Crippen LogP contribution in [0, 0.1) is 11.8 Å². The minimum Gasteiger partial charge on any atom is -0.389 e. The van der Waals surface area contributed by atoms with Crippen molar-refractivity contribution in [1.29, 1.82) is 0 Å². The highest BCUT2D eigenvalue weighted by Gasteiger charge is 2.17. The van der Waals surface area contributed by atoms with Crippen LogP contribution >= 0.6 is 7.82 Å². The molecule has 8 heteroatoms. The molecule has 1 amide bonds. The second kappa shape index (κ2) is 19.1. The number of aliphatic hydroxyl groups is 1. The number of carbonyl (C=O) groups is 1. The van der Waals surface area contributed by atoms with Crippen LogP contribution in [0.3, 0.4) is 0 Å². The van der Waals surface area contributed by atoms with Gasteiger partial charge < -0.3 is 20.2 Å². The number of unbranched alkanes of at least 4 members (excludes halogenated alkanes) is 11. The molecule has 0 fully saturated rings. The van der Waals surface area contributed by atoms with Crippen molar-refractivity contribution in [2.24, 2.45) is 0 Å². The summed E-state index contributed by atoms with van der Waals surface area (Å²) in [7, 11) is -4.59. The summed E-state index contributed by atoms with van der Waals surface area (Å²) in [5.41, 5.74) is 0. The first-order valence-corrected chi connectivity index (χ1v) is 12.5. The number of aliphatic hydroxyl groups excluding tert-OH is 1. The third kappa shape index (κ3) is 23.2. The van der Waals surface area contributed by atoms with Gasteiger partial charge in [-0.15, -0.1) is 11.8 Å². The lowest BCUT2D eigenvalue weighted by Gasteiger charge is -2.12. The molecule has 1 atom stereocenters. The summed E-state index contributed by atoms with van der Waals surface area (Å²) in [4.78, 5) is 28.7. The summed E-state index contributed by atoms with van der Waals surface area (Å²) in [6.07, 6.45) is 14.1. The van der Waals surface area contributed by atoms with E-state index in [1.165, 1.54) is 38.5 Å². The van der Waals surface area contributed by atoms with Gasteiger partial charge in [-0.3, -0.25) is 9.32 Å². The SMILES string of the molecule is CCCCCCCCC#CCCCCCCCC(=O)NCC(O)COP(=O)(O)O. The first-order valence-electron chi connectivity index (χ1n) is 11.0. The van der Waals surface area contributed by atoms with E-state index in [1.807, 2.05) is 0 Å². The van der Waals surface area contributed by atoms with Gasteiger partial charge in [0, 0.05) is 25.8 Å². The smallest absolute Gasteiger partial charge is 0.389 e. The Kier molecular flexibility index (Phi) is 18.5. The lowest BCUT2D eigenvalue weighted by Crippen LogP contribution is -2.34. The lowest BCUT2D eigenvalue weighted by molar-refractivity contribution is -0.121. The van der Waals surface area contributed by atoms with Crippen molar-refractivity contribution in [1.82, 2.24) is 5.32 Å². The van der Waals surface area contributed by atoms with E-state index in [9.17, 15) is 14.5 Å². The summed E-state index contributed by atoms with van der Waals surface area (Å²) < 4.78 is 14.7. The maximum absolute atomic E-state index is 11.6. The van der Waals surface area contributed by atoms with Crippen LogP contribution in [0.25, 0.3) is 0 Å². The van der Waals surface area contributed by atoms with Gasteiger partial charge in [-0.1, -0.05) is 58.3 Å². The molecule has 1 unspecified atom stereocenters. The van der Waals surface area contributed by atoms with Crippen LogP contribution in [0.4, 0.5) is 0 Å². The van der Waals surface area contributed by atoms with Crippen LogP contribution in [0.2, 0.25) is 0 Å². The van der Waals surface area contributed by atoms with Crippen molar-refractivity contribution in [2.75, 3.05) is 13.2 Å². The molecule has 0 aliphatic rings. The number of carbonyl (C=O) groups excluding carboxylic acids is 1. The predicted octanol–water partition coefficient (Wildman–Crippen LogP) is 4.06. The van der Waals surface area contributed by atoms with Crippen molar-refractivity contribution in [3.63, 3.8) is 0 Å². The van der Waals surface area contributed by atoms with Crippen molar-refractivity contribution in [2.45, 2.75) is 103 Å². The van der Waals surface area contributed by atoms with E-state index in [1.54, 1.807) is 0 Å². The zero-order valence-electron chi connectivity index (χ0n) is 17.9. The summed E-state index contributed by atoms with van der Waals surface area (Å²) in [5.74, 6) is 6.32. The van der Waals surface area contributed by atoms with E-state index in [4.69, 9.17) is 9.79 Å². The van der Waals surface area contributed by atoms with E-state index < -0.39 is 20.5 Å². The van der Waals surface area contributed by atoms with Crippen LogP contribution < -0.4 is 5.32 Å². The molecule has 0 aromatic heterocycles. The van der Waals surface area contributed by atoms with Gasteiger partial charge in [0.05, 0.1) is 12.7 Å². The Morgan fingerprint density at radius 3 is 2.00 bits per heavy atom. The van der Waals surface area contributed by atoms with Gasteiger partial charge in [-0.25, -0.2) is 4.57 Å². The Morgan fingerprint density at radius 2 is 1.45 bits per heavy atom. The lowest BCUT2D eigenvalue weighted by atomic mass is 10.1. The normalized spacial score (nSPS) is 12.3. The summed E-state index contributed by atoms with van der Waals surface area (Å²) in [5, 5.41) is 12.0. The van der Waals surface area contributed by atoms with Crippen molar-refractivity contribution in [3.8, 4) is 11.8 Å². The predicted molar refractivity (Wildman–Crippen MR) is 115 cm³/mol. The molecule has 0 aromatic rings. The molecule has 0 saturated heterocycles. The Hall–Kier alpha value is -0.900. The highest BCUT2D eigenvalue weighted by Crippen LogP contribution is 2.35. The Bertz CT molecular complexity index is 511. The van der Waals surface area contributed by atoms with Gasteiger partial charge in [0.2, 0.25) is 5.91 Å². The Labute approximate surface area is 176 Å². The molecule has 0 saturated carbocycles. The molecule has 0 spiro atoms. The Balaban J connectivity index is 3.41. The standard InChI is InChI=1S/C21H40NO6P/c1-2-3-4-5-6-7-8-9-10-11-12-13-14-15-16-17-21(24)22-18-20(23)19-28-29(25,26)27/h20,23H,2-8,11-19H2,1H3,(H,22,24)(H2,25,26,27). The molecule has 0 radical (unpaired) electrons. The summed E-state index contributed by atoms with van der Waals surface area (Å²) in [6, 6.07) is 0. The maximum Gasteiger partial charge on any atom is 0.469 e. The fraction of sp³-hybridized carbons (Fsp3) is 0.857. The molecular weight excluding hydrogens is 393 g/mol.